The van der Waals surface area contributed by atoms with Crippen LogP contribution in [-0.2, 0) is 10.0 Å². The summed E-state index contributed by atoms with van der Waals surface area (Å²) < 4.78 is 30.4. The third kappa shape index (κ3) is 10.2. The maximum atomic E-state index is 11.2. The van der Waals surface area contributed by atoms with Crippen LogP contribution in [0.4, 0.5) is 5.69 Å². The van der Waals surface area contributed by atoms with Crippen LogP contribution in [-0.4, -0.2) is 46.9 Å². The second-order valence-electron chi connectivity index (χ2n) is 4.54. The Bertz CT molecular complexity index is 585. The van der Waals surface area contributed by atoms with Gasteiger partial charge in [0.15, 0.2) is 5.96 Å². The summed E-state index contributed by atoms with van der Waals surface area (Å²) in [7, 11) is -3.29. The van der Waals surface area contributed by atoms with Gasteiger partial charge in [0.05, 0.1) is 18.5 Å². The largest absolute Gasteiger partial charge is 0.492 e. The zero-order valence-electron chi connectivity index (χ0n) is 13.6. The van der Waals surface area contributed by atoms with Gasteiger partial charge in [0, 0.05) is 19.2 Å². The molecule has 0 fully saturated rings. The minimum atomic E-state index is -3.29. The Hall–Kier alpha value is -1.23. The van der Waals surface area contributed by atoms with Crippen molar-refractivity contribution in [3.63, 3.8) is 0 Å². The van der Waals surface area contributed by atoms with Crippen molar-refractivity contribution in [3.05, 3.63) is 24.3 Å². The molecule has 0 radical (unpaired) electrons. The van der Waals surface area contributed by atoms with Gasteiger partial charge in [-0.2, -0.15) is 0 Å². The van der Waals surface area contributed by atoms with Crippen LogP contribution < -0.4 is 20.1 Å². The molecule has 132 valence electrons. The average Bonchev–Trinajstić information content (AvgIpc) is 2.42. The standard InChI is InChI=1S/C14H24N4O3S.HI/c1-4-15-14(16-5-2)17-9-10-21-13-8-6-7-12(11-13)18-22(3,19)20;/h6-8,11,18H,4-5,9-10H2,1-3H3,(H2,15,16,17);1H. The second-order valence-corrected chi connectivity index (χ2v) is 6.29. The number of hydrogen-bond acceptors (Lipinski definition) is 4. The van der Waals surface area contributed by atoms with E-state index in [-0.39, 0.29) is 24.0 Å². The third-order valence-electron chi connectivity index (χ3n) is 2.46. The predicted octanol–water partition coefficient (Wildman–Crippen LogP) is 1.63. The highest BCUT2D eigenvalue weighted by Crippen LogP contribution is 2.17. The van der Waals surface area contributed by atoms with E-state index < -0.39 is 10.0 Å². The normalized spacial score (nSPS) is 10.2. The fraction of sp³-hybridized carbons (Fsp3) is 0.500. The molecule has 0 amide bonds. The fourth-order valence-corrected chi connectivity index (χ4v) is 2.25. The summed E-state index contributed by atoms with van der Waals surface area (Å²) in [6.45, 7) is 6.51. The predicted molar refractivity (Wildman–Crippen MR) is 105 cm³/mol. The molecule has 3 N–H and O–H groups in total. The molecule has 0 atom stereocenters. The van der Waals surface area contributed by atoms with Crippen LogP contribution in [0.5, 0.6) is 5.75 Å². The number of benzene rings is 1. The van der Waals surface area contributed by atoms with Crippen LogP contribution in [0.15, 0.2) is 29.3 Å². The van der Waals surface area contributed by atoms with Crippen LogP contribution in [0.1, 0.15) is 13.8 Å². The van der Waals surface area contributed by atoms with Gasteiger partial charge in [0.25, 0.3) is 0 Å². The summed E-state index contributed by atoms with van der Waals surface area (Å²) in [4.78, 5) is 4.36. The smallest absolute Gasteiger partial charge is 0.229 e. The molecule has 0 aliphatic heterocycles. The number of nitrogens with zero attached hydrogens (tertiary/aromatic N) is 1. The lowest BCUT2D eigenvalue weighted by Gasteiger charge is -2.10. The Morgan fingerprint density at radius 2 is 1.87 bits per heavy atom. The molecule has 0 aromatic heterocycles. The first kappa shape index (κ1) is 21.8. The minimum Gasteiger partial charge on any atom is -0.492 e. The SMILES string of the molecule is CCNC(=NCCOc1cccc(NS(C)(=O)=O)c1)NCC.I. The van der Waals surface area contributed by atoms with Crippen LogP contribution in [0.2, 0.25) is 0 Å². The van der Waals surface area contributed by atoms with E-state index in [1.54, 1.807) is 24.3 Å². The van der Waals surface area contributed by atoms with Crippen molar-refractivity contribution in [2.24, 2.45) is 4.99 Å². The van der Waals surface area contributed by atoms with E-state index in [1.165, 1.54) is 0 Å². The van der Waals surface area contributed by atoms with E-state index in [0.717, 1.165) is 25.3 Å². The summed E-state index contributed by atoms with van der Waals surface area (Å²) >= 11 is 0. The zero-order valence-corrected chi connectivity index (χ0v) is 16.8. The summed E-state index contributed by atoms with van der Waals surface area (Å²) in [6, 6.07) is 6.81. The zero-order chi connectivity index (χ0) is 16.4. The Kier molecular flexibility index (Phi) is 10.7. The van der Waals surface area contributed by atoms with Gasteiger partial charge in [-0.05, 0) is 26.0 Å². The van der Waals surface area contributed by atoms with Crippen molar-refractivity contribution >= 4 is 45.6 Å². The topological polar surface area (TPSA) is 91.8 Å². The summed E-state index contributed by atoms with van der Waals surface area (Å²) in [6.07, 6.45) is 1.11. The Balaban J connectivity index is 0.00000484. The van der Waals surface area contributed by atoms with Gasteiger partial charge in [-0.25, -0.2) is 13.4 Å². The van der Waals surface area contributed by atoms with Crippen LogP contribution in [0, 0.1) is 0 Å². The highest BCUT2D eigenvalue weighted by molar-refractivity contribution is 14.0. The second kappa shape index (κ2) is 11.3. The number of rotatable bonds is 8. The Morgan fingerprint density at radius 3 is 2.43 bits per heavy atom. The van der Waals surface area contributed by atoms with E-state index >= 15 is 0 Å². The molecule has 9 heteroatoms. The van der Waals surface area contributed by atoms with E-state index in [9.17, 15) is 8.42 Å². The maximum absolute atomic E-state index is 11.2. The quantitative estimate of drug-likeness (QED) is 0.240. The molecule has 0 bridgehead atoms. The van der Waals surface area contributed by atoms with E-state index in [2.05, 4.69) is 20.3 Å². The molecule has 0 unspecified atom stereocenters. The van der Waals surface area contributed by atoms with Gasteiger partial charge in [-0.1, -0.05) is 6.07 Å². The molecule has 0 spiro atoms. The molecular weight excluding hydrogens is 431 g/mol. The molecule has 0 heterocycles. The van der Waals surface area contributed by atoms with Gasteiger partial charge in [-0.3, -0.25) is 4.72 Å². The number of guanidine groups is 1. The van der Waals surface area contributed by atoms with Crippen molar-refractivity contribution in [3.8, 4) is 5.75 Å². The Morgan fingerprint density at radius 1 is 1.22 bits per heavy atom. The fourth-order valence-electron chi connectivity index (χ4n) is 1.69. The van der Waals surface area contributed by atoms with Gasteiger partial charge in [-0.15, -0.1) is 24.0 Å². The van der Waals surface area contributed by atoms with E-state index in [4.69, 9.17) is 4.74 Å². The monoisotopic (exact) mass is 456 g/mol. The summed E-state index contributed by atoms with van der Waals surface area (Å²) in [5.41, 5.74) is 0.476. The van der Waals surface area contributed by atoms with Gasteiger partial charge in [0.1, 0.15) is 12.4 Å². The van der Waals surface area contributed by atoms with Crippen LogP contribution >= 0.6 is 24.0 Å². The molecule has 0 aliphatic rings. The first-order chi connectivity index (χ1) is 10.4. The molecule has 0 saturated heterocycles. The average molecular weight is 456 g/mol. The lowest BCUT2D eigenvalue weighted by atomic mass is 10.3. The van der Waals surface area contributed by atoms with E-state index in [1.807, 2.05) is 13.8 Å². The third-order valence-corrected chi connectivity index (χ3v) is 3.06. The Labute approximate surface area is 155 Å². The minimum absolute atomic E-state index is 0. The molecule has 1 aromatic carbocycles. The van der Waals surface area contributed by atoms with Crippen molar-refractivity contribution < 1.29 is 13.2 Å². The summed E-state index contributed by atoms with van der Waals surface area (Å²) in [5.74, 6) is 1.35. The number of hydrogen-bond donors (Lipinski definition) is 3. The van der Waals surface area contributed by atoms with Gasteiger partial charge in [0.2, 0.25) is 10.0 Å². The highest BCUT2D eigenvalue weighted by Gasteiger charge is 2.03. The molecule has 0 saturated carbocycles. The van der Waals surface area contributed by atoms with Crippen molar-refractivity contribution in [1.82, 2.24) is 10.6 Å². The number of halogens is 1. The number of anilines is 1. The number of aliphatic imine (C=N–C) groups is 1. The van der Waals surface area contributed by atoms with Crippen molar-refractivity contribution in [1.29, 1.82) is 0 Å². The van der Waals surface area contributed by atoms with Crippen LogP contribution in [0.3, 0.4) is 0 Å². The molecular formula is C14H25IN4O3S. The molecule has 0 aliphatic carbocycles. The first-order valence-electron chi connectivity index (χ1n) is 7.17. The number of sulfonamides is 1. The van der Waals surface area contributed by atoms with Gasteiger partial charge < -0.3 is 15.4 Å². The lowest BCUT2D eigenvalue weighted by Crippen LogP contribution is -2.37. The maximum Gasteiger partial charge on any atom is 0.229 e. The van der Waals surface area contributed by atoms with Crippen LogP contribution in [0.25, 0.3) is 0 Å². The highest BCUT2D eigenvalue weighted by atomic mass is 127. The number of nitrogens with one attached hydrogen (secondary N) is 3. The van der Waals surface area contributed by atoms with Gasteiger partial charge >= 0.3 is 0 Å². The molecule has 1 aromatic rings. The van der Waals surface area contributed by atoms with E-state index in [0.29, 0.717) is 24.6 Å². The molecule has 1 rings (SSSR count). The molecule has 23 heavy (non-hydrogen) atoms. The summed E-state index contributed by atoms with van der Waals surface area (Å²) in [5, 5.41) is 6.25. The number of ether oxygens (including phenoxy) is 1. The lowest BCUT2D eigenvalue weighted by molar-refractivity contribution is 0.328. The molecule has 7 nitrogen and oxygen atoms in total. The van der Waals surface area contributed by atoms with Crippen molar-refractivity contribution in [2.45, 2.75) is 13.8 Å². The first-order valence-corrected chi connectivity index (χ1v) is 9.06. The van der Waals surface area contributed by atoms with Crippen molar-refractivity contribution in [2.75, 3.05) is 37.2 Å².